The van der Waals surface area contributed by atoms with E-state index in [9.17, 15) is 0 Å². The van der Waals surface area contributed by atoms with E-state index in [0.717, 1.165) is 0 Å². The van der Waals surface area contributed by atoms with Crippen LogP contribution in [-0.4, -0.2) is 0 Å². The van der Waals surface area contributed by atoms with Gasteiger partial charge in [-0.25, -0.2) is 0 Å². The van der Waals surface area contributed by atoms with Crippen LogP contribution in [0.15, 0.2) is 24.8 Å². The summed E-state index contributed by atoms with van der Waals surface area (Å²) < 4.78 is 0. The number of hydrogen-bond acceptors (Lipinski definition) is 0. The first-order chi connectivity index (χ1) is 6.91. The maximum Gasteiger partial charge on any atom is -0.0351 e. The van der Waals surface area contributed by atoms with Gasteiger partial charge in [-0.1, -0.05) is 50.8 Å². The van der Waals surface area contributed by atoms with Crippen molar-refractivity contribution < 1.29 is 0 Å². The van der Waals surface area contributed by atoms with Crippen LogP contribution in [0.5, 0.6) is 0 Å². The van der Waals surface area contributed by atoms with Gasteiger partial charge in [0.1, 0.15) is 0 Å². The number of allylic oxidation sites excluding steroid dienone is 3. The third-order valence-corrected chi connectivity index (χ3v) is 2.43. The average molecular weight is 194 g/mol. The average Bonchev–Trinajstić information content (AvgIpc) is 2.21. The van der Waals surface area contributed by atoms with Crippen molar-refractivity contribution in [2.75, 3.05) is 0 Å². The molecule has 0 heterocycles. The minimum atomic E-state index is 1.18. The molecular formula is C14H26. The van der Waals surface area contributed by atoms with Crippen molar-refractivity contribution in [1.29, 1.82) is 0 Å². The number of rotatable bonds is 10. The van der Waals surface area contributed by atoms with Crippen LogP contribution in [0.1, 0.15) is 64.7 Å². The predicted octanol–water partition coefficient (Wildman–Crippen LogP) is 5.26. The highest BCUT2D eigenvalue weighted by Gasteiger charge is 1.89. The van der Waals surface area contributed by atoms with Crippen LogP contribution < -0.4 is 0 Å². The zero-order valence-electron chi connectivity index (χ0n) is 9.80. The zero-order valence-corrected chi connectivity index (χ0v) is 9.80. The fraction of sp³-hybridized carbons (Fsp3) is 0.714. The molecule has 0 aromatic heterocycles. The minimum absolute atomic E-state index is 1.18. The van der Waals surface area contributed by atoms with Crippen LogP contribution in [0.3, 0.4) is 0 Å². The summed E-state index contributed by atoms with van der Waals surface area (Å²) in [6, 6.07) is 0. The summed E-state index contributed by atoms with van der Waals surface area (Å²) >= 11 is 0. The van der Waals surface area contributed by atoms with E-state index >= 15 is 0 Å². The molecule has 0 saturated heterocycles. The molecule has 0 rings (SSSR count). The molecule has 0 atom stereocenters. The zero-order chi connectivity index (χ0) is 10.5. The van der Waals surface area contributed by atoms with Crippen LogP contribution in [0, 0.1) is 0 Å². The van der Waals surface area contributed by atoms with Gasteiger partial charge in [-0.15, -0.1) is 6.58 Å². The summed E-state index contributed by atoms with van der Waals surface area (Å²) in [7, 11) is 0. The van der Waals surface area contributed by atoms with Gasteiger partial charge >= 0.3 is 0 Å². The van der Waals surface area contributed by atoms with E-state index in [-0.39, 0.29) is 0 Å². The summed E-state index contributed by atoms with van der Waals surface area (Å²) in [5.74, 6) is 0. The van der Waals surface area contributed by atoms with Crippen LogP contribution in [0.25, 0.3) is 0 Å². The smallest absolute Gasteiger partial charge is 0.0351 e. The SMILES string of the molecule is C=CCCCCCCCCC=CCC. The van der Waals surface area contributed by atoms with Gasteiger partial charge in [-0.3, -0.25) is 0 Å². The molecule has 82 valence electrons. The quantitative estimate of drug-likeness (QED) is 0.329. The normalized spacial score (nSPS) is 10.9. The molecule has 14 heavy (non-hydrogen) atoms. The lowest BCUT2D eigenvalue weighted by Gasteiger charge is -1.98. The van der Waals surface area contributed by atoms with Gasteiger partial charge in [-0.2, -0.15) is 0 Å². The van der Waals surface area contributed by atoms with E-state index in [1.807, 2.05) is 6.08 Å². The van der Waals surface area contributed by atoms with E-state index in [0.29, 0.717) is 0 Å². The fourth-order valence-corrected chi connectivity index (χ4v) is 1.54. The van der Waals surface area contributed by atoms with Crippen molar-refractivity contribution in [3.8, 4) is 0 Å². The molecule has 0 fully saturated rings. The van der Waals surface area contributed by atoms with E-state index in [1.165, 1.54) is 57.8 Å². The van der Waals surface area contributed by atoms with E-state index in [4.69, 9.17) is 0 Å². The topological polar surface area (TPSA) is 0 Å². The lowest BCUT2D eigenvalue weighted by atomic mass is 10.1. The molecule has 0 unspecified atom stereocenters. The van der Waals surface area contributed by atoms with E-state index in [1.54, 1.807) is 0 Å². The maximum atomic E-state index is 3.73. The third-order valence-electron chi connectivity index (χ3n) is 2.43. The highest BCUT2D eigenvalue weighted by molar-refractivity contribution is 4.79. The highest BCUT2D eigenvalue weighted by Crippen LogP contribution is 2.08. The lowest BCUT2D eigenvalue weighted by Crippen LogP contribution is -1.79. The van der Waals surface area contributed by atoms with Gasteiger partial charge < -0.3 is 0 Å². The Morgan fingerprint density at radius 1 is 0.786 bits per heavy atom. The first-order valence-corrected chi connectivity index (χ1v) is 6.17. The van der Waals surface area contributed by atoms with E-state index < -0.39 is 0 Å². The van der Waals surface area contributed by atoms with Crippen molar-refractivity contribution in [2.24, 2.45) is 0 Å². The van der Waals surface area contributed by atoms with Crippen molar-refractivity contribution in [3.05, 3.63) is 24.8 Å². The molecule has 0 aromatic rings. The van der Waals surface area contributed by atoms with Crippen LogP contribution in [0.2, 0.25) is 0 Å². The van der Waals surface area contributed by atoms with Crippen LogP contribution >= 0.6 is 0 Å². The van der Waals surface area contributed by atoms with Gasteiger partial charge in [-0.05, 0) is 32.1 Å². The molecule has 0 bridgehead atoms. The van der Waals surface area contributed by atoms with Crippen molar-refractivity contribution in [3.63, 3.8) is 0 Å². The van der Waals surface area contributed by atoms with Gasteiger partial charge in [0.2, 0.25) is 0 Å². The highest BCUT2D eigenvalue weighted by atomic mass is 14.0. The molecule has 0 aliphatic rings. The largest absolute Gasteiger partial charge is 0.103 e. The maximum absolute atomic E-state index is 3.73. The summed E-state index contributed by atoms with van der Waals surface area (Å²) in [6.07, 6.45) is 18.6. The Morgan fingerprint density at radius 3 is 1.93 bits per heavy atom. The molecule has 0 amide bonds. The third kappa shape index (κ3) is 11.5. The first kappa shape index (κ1) is 13.5. The summed E-state index contributed by atoms with van der Waals surface area (Å²) in [5, 5.41) is 0. The molecule has 0 heteroatoms. The number of unbranched alkanes of at least 4 members (excludes halogenated alkanes) is 7. The Hall–Kier alpha value is -0.520. The fourth-order valence-electron chi connectivity index (χ4n) is 1.54. The van der Waals surface area contributed by atoms with Crippen molar-refractivity contribution in [1.82, 2.24) is 0 Å². The first-order valence-electron chi connectivity index (χ1n) is 6.17. The molecule has 0 aliphatic carbocycles. The molecule has 0 saturated carbocycles. The summed E-state index contributed by atoms with van der Waals surface area (Å²) in [6.45, 7) is 5.92. The molecule has 0 aromatic carbocycles. The predicted molar refractivity (Wildman–Crippen MR) is 66.6 cm³/mol. The minimum Gasteiger partial charge on any atom is -0.103 e. The molecule has 0 N–H and O–H groups in total. The Kier molecular flexibility index (Phi) is 12.0. The summed E-state index contributed by atoms with van der Waals surface area (Å²) in [5.41, 5.74) is 0. The lowest BCUT2D eigenvalue weighted by molar-refractivity contribution is 0.600. The van der Waals surface area contributed by atoms with Crippen molar-refractivity contribution in [2.45, 2.75) is 64.7 Å². The Labute approximate surface area is 90.1 Å². The van der Waals surface area contributed by atoms with Crippen molar-refractivity contribution >= 4 is 0 Å². The summed E-state index contributed by atoms with van der Waals surface area (Å²) in [4.78, 5) is 0. The number of hydrogen-bond donors (Lipinski definition) is 0. The van der Waals surface area contributed by atoms with E-state index in [2.05, 4.69) is 25.7 Å². The molecule has 0 aliphatic heterocycles. The van der Waals surface area contributed by atoms with Crippen LogP contribution in [0.4, 0.5) is 0 Å². The second-order valence-corrected chi connectivity index (χ2v) is 3.87. The Morgan fingerprint density at radius 2 is 1.36 bits per heavy atom. The Bertz CT molecular complexity index is 133. The van der Waals surface area contributed by atoms with Gasteiger partial charge in [0, 0.05) is 0 Å². The monoisotopic (exact) mass is 194 g/mol. The van der Waals surface area contributed by atoms with Crippen LogP contribution in [-0.2, 0) is 0 Å². The Balaban J connectivity index is 2.91. The molecule has 0 spiro atoms. The van der Waals surface area contributed by atoms with Gasteiger partial charge in [0.05, 0.1) is 0 Å². The molecule has 0 radical (unpaired) electrons. The second-order valence-electron chi connectivity index (χ2n) is 3.87. The molecular weight excluding hydrogens is 168 g/mol. The standard InChI is InChI=1S/C14H26/c1-3-5-7-9-11-13-14-12-10-8-6-4-2/h3,6,8H,1,4-5,7,9-14H2,2H3. The van der Waals surface area contributed by atoms with Gasteiger partial charge in [0.15, 0.2) is 0 Å². The molecule has 0 nitrogen and oxygen atoms in total. The van der Waals surface area contributed by atoms with Gasteiger partial charge in [0.25, 0.3) is 0 Å². The second kappa shape index (κ2) is 12.5.